The van der Waals surface area contributed by atoms with Gasteiger partial charge in [-0.1, -0.05) is 53.7 Å². The van der Waals surface area contributed by atoms with Crippen LogP contribution in [0.25, 0.3) is 0 Å². The fourth-order valence-electron chi connectivity index (χ4n) is 2.84. The molecule has 0 heterocycles. The minimum Gasteiger partial charge on any atom is -0.206 e. The quantitative estimate of drug-likeness (QED) is 0.650. The first-order valence-corrected chi connectivity index (χ1v) is 7.40. The number of benzene rings is 1. The highest BCUT2D eigenvalue weighted by Gasteiger charge is 2.20. The average molecular weight is 299 g/mol. The third-order valence-corrected chi connectivity index (χ3v) is 4.74. The van der Waals surface area contributed by atoms with E-state index in [1.54, 1.807) is 0 Å². The van der Waals surface area contributed by atoms with E-state index in [0.29, 0.717) is 4.83 Å². The van der Waals surface area contributed by atoms with Gasteiger partial charge in [0.25, 0.3) is 0 Å². The molecule has 94 valence electrons. The van der Waals surface area contributed by atoms with Gasteiger partial charge in [-0.05, 0) is 42.9 Å². The summed E-state index contributed by atoms with van der Waals surface area (Å²) in [5.74, 6) is 0.791. The summed E-state index contributed by atoms with van der Waals surface area (Å²) < 4.78 is 13.6. The summed E-state index contributed by atoms with van der Waals surface area (Å²) in [6.45, 7) is 3.70. The number of rotatable bonds is 3. The van der Waals surface area contributed by atoms with Crippen molar-refractivity contribution in [1.82, 2.24) is 0 Å². The number of aryl methyl sites for hydroxylation is 2. The molecule has 1 atom stereocenters. The van der Waals surface area contributed by atoms with E-state index in [9.17, 15) is 4.39 Å². The number of hydrogen-bond donors (Lipinski definition) is 0. The van der Waals surface area contributed by atoms with Gasteiger partial charge in [0.05, 0.1) is 0 Å². The predicted octanol–water partition coefficient (Wildman–Crippen LogP) is 5.46. The lowest BCUT2D eigenvalue weighted by Crippen LogP contribution is -2.01. The van der Waals surface area contributed by atoms with Gasteiger partial charge in [0.1, 0.15) is 5.82 Å². The largest absolute Gasteiger partial charge is 0.206 e. The molecule has 0 nitrogen and oxygen atoms in total. The molecule has 1 aliphatic carbocycles. The molecule has 0 aromatic heterocycles. The number of hydrogen-bond acceptors (Lipinski definition) is 0. The van der Waals surface area contributed by atoms with Gasteiger partial charge in [0, 0.05) is 4.83 Å². The van der Waals surface area contributed by atoms with Crippen LogP contribution in [0.3, 0.4) is 0 Å². The summed E-state index contributed by atoms with van der Waals surface area (Å²) >= 11 is 3.77. The van der Waals surface area contributed by atoms with Crippen molar-refractivity contribution < 1.29 is 4.39 Å². The van der Waals surface area contributed by atoms with Crippen LogP contribution in [-0.2, 0) is 0 Å². The maximum absolute atomic E-state index is 13.6. The van der Waals surface area contributed by atoms with Gasteiger partial charge in [-0.2, -0.15) is 0 Å². The lowest BCUT2D eigenvalue weighted by Gasteiger charge is -2.16. The SMILES string of the molecule is Cc1cc(C(Br)CC2CCCC2)cc(C)c1F. The van der Waals surface area contributed by atoms with Crippen LogP contribution < -0.4 is 0 Å². The summed E-state index contributed by atoms with van der Waals surface area (Å²) in [4.78, 5) is 0.378. The molecule has 17 heavy (non-hydrogen) atoms. The topological polar surface area (TPSA) is 0 Å². The summed E-state index contributed by atoms with van der Waals surface area (Å²) in [6, 6.07) is 3.97. The molecule has 2 heteroatoms. The van der Waals surface area contributed by atoms with Gasteiger partial charge in [-0.3, -0.25) is 0 Å². The standard InChI is InChI=1S/C15H20BrF/c1-10-7-13(8-11(2)15(10)17)14(16)9-12-5-3-4-6-12/h7-8,12,14H,3-6,9H2,1-2H3. The molecule has 0 spiro atoms. The smallest absolute Gasteiger partial charge is 0.129 e. The third-order valence-electron chi connectivity index (χ3n) is 3.84. The Morgan fingerprint density at radius 1 is 1.24 bits per heavy atom. The normalized spacial score (nSPS) is 18.6. The van der Waals surface area contributed by atoms with E-state index in [1.165, 1.54) is 37.7 Å². The van der Waals surface area contributed by atoms with Gasteiger partial charge in [0.2, 0.25) is 0 Å². The summed E-state index contributed by atoms with van der Waals surface area (Å²) in [7, 11) is 0. The molecule has 1 aliphatic rings. The lowest BCUT2D eigenvalue weighted by atomic mass is 9.96. The maximum Gasteiger partial charge on any atom is 0.129 e. The van der Waals surface area contributed by atoms with Crippen molar-refractivity contribution in [2.24, 2.45) is 5.92 Å². The van der Waals surface area contributed by atoms with Crippen LogP contribution in [-0.4, -0.2) is 0 Å². The lowest BCUT2D eigenvalue weighted by molar-refractivity contribution is 0.501. The van der Waals surface area contributed by atoms with Crippen LogP contribution in [0.4, 0.5) is 4.39 Å². The molecule has 0 amide bonds. The molecule has 0 bridgehead atoms. The van der Waals surface area contributed by atoms with Crippen molar-refractivity contribution in [3.63, 3.8) is 0 Å². The van der Waals surface area contributed by atoms with Crippen LogP contribution in [0.1, 0.15) is 53.6 Å². The monoisotopic (exact) mass is 298 g/mol. The molecule has 1 aromatic carbocycles. The minimum atomic E-state index is -0.0608. The molecule has 2 rings (SSSR count). The number of halogens is 2. The van der Waals surface area contributed by atoms with Crippen molar-refractivity contribution in [3.8, 4) is 0 Å². The number of alkyl halides is 1. The first-order valence-electron chi connectivity index (χ1n) is 6.48. The van der Waals surface area contributed by atoms with E-state index < -0.39 is 0 Å². The van der Waals surface area contributed by atoms with Gasteiger partial charge >= 0.3 is 0 Å². The van der Waals surface area contributed by atoms with Gasteiger partial charge in [-0.25, -0.2) is 4.39 Å². The molecular weight excluding hydrogens is 279 g/mol. The van der Waals surface area contributed by atoms with Gasteiger partial charge in [0.15, 0.2) is 0 Å². The predicted molar refractivity (Wildman–Crippen MR) is 74.1 cm³/mol. The van der Waals surface area contributed by atoms with E-state index in [0.717, 1.165) is 17.0 Å². The van der Waals surface area contributed by atoms with Crippen molar-refractivity contribution in [3.05, 3.63) is 34.6 Å². The van der Waals surface area contributed by atoms with Crippen LogP contribution >= 0.6 is 15.9 Å². The highest BCUT2D eigenvalue weighted by atomic mass is 79.9. The molecule has 0 aliphatic heterocycles. The second kappa shape index (κ2) is 5.51. The Bertz CT molecular complexity index is 371. The van der Waals surface area contributed by atoms with Crippen LogP contribution in [0.2, 0.25) is 0 Å². The maximum atomic E-state index is 13.6. The van der Waals surface area contributed by atoms with E-state index in [2.05, 4.69) is 15.9 Å². The summed E-state index contributed by atoms with van der Waals surface area (Å²) in [6.07, 6.45) is 6.67. The Kier molecular flexibility index (Phi) is 4.24. The molecule has 1 fully saturated rings. The minimum absolute atomic E-state index is 0.0608. The van der Waals surface area contributed by atoms with Crippen molar-refractivity contribution in [2.75, 3.05) is 0 Å². The zero-order valence-electron chi connectivity index (χ0n) is 10.6. The fourth-order valence-corrected chi connectivity index (χ4v) is 3.63. The van der Waals surface area contributed by atoms with Gasteiger partial charge in [-0.15, -0.1) is 0 Å². The zero-order chi connectivity index (χ0) is 12.4. The first-order chi connectivity index (χ1) is 8.08. The second-order valence-electron chi connectivity index (χ2n) is 5.32. The van der Waals surface area contributed by atoms with Crippen LogP contribution in [0.15, 0.2) is 12.1 Å². The van der Waals surface area contributed by atoms with Gasteiger partial charge < -0.3 is 0 Å². The molecule has 0 N–H and O–H groups in total. The third kappa shape index (κ3) is 3.09. The van der Waals surface area contributed by atoms with E-state index >= 15 is 0 Å². The zero-order valence-corrected chi connectivity index (χ0v) is 12.2. The molecule has 1 unspecified atom stereocenters. The van der Waals surface area contributed by atoms with E-state index in [-0.39, 0.29) is 5.82 Å². The Hall–Kier alpha value is -0.370. The Morgan fingerprint density at radius 2 is 1.76 bits per heavy atom. The average Bonchev–Trinajstić information content (AvgIpc) is 2.77. The highest BCUT2D eigenvalue weighted by molar-refractivity contribution is 9.09. The fraction of sp³-hybridized carbons (Fsp3) is 0.600. The van der Waals surface area contributed by atoms with Crippen molar-refractivity contribution in [2.45, 2.75) is 50.8 Å². The molecular formula is C15H20BrF. The highest BCUT2D eigenvalue weighted by Crippen LogP contribution is 2.37. The van der Waals surface area contributed by atoms with Crippen molar-refractivity contribution >= 4 is 15.9 Å². The molecule has 0 radical (unpaired) electrons. The summed E-state index contributed by atoms with van der Waals surface area (Å²) in [5, 5.41) is 0. The Balaban J connectivity index is 2.10. The Labute approximate surface area is 112 Å². The van der Waals surface area contributed by atoms with E-state index in [1.807, 2.05) is 26.0 Å². The second-order valence-corrected chi connectivity index (χ2v) is 6.43. The van der Waals surface area contributed by atoms with Crippen LogP contribution in [0.5, 0.6) is 0 Å². The van der Waals surface area contributed by atoms with Crippen molar-refractivity contribution in [1.29, 1.82) is 0 Å². The Morgan fingerprint density at radius 3 is 2.29 bits per heavy atom. The first kappa shape index (κ1) is 13.1. The molecule has 1 aromatic rings. The van der Waals surface area contributed by atoms with E-state index in [4.69, 9.17) is 0 Å². The molecule has 0 saturated heterocycles. The molecule has 1 saturated carbocycles. The summed E-state index contributed by atoms with van der Waals surface area (Å²) in [5.41, 5.74) is 2.75. The van der Waals surface area contributed by atoms with Crippen LogP contribution in [0, 0.1) is 25.6 Å².